The summed E-state index contributed by atoms with van der Waals surface area (Å²) >= 11 is 0. The fraction of sp³-hybridized carbons (Fsp3) is 0.500. The molecule has 1 aliphatic rings. The monoisotopic (exact) mass is 173 g/mol. The largest absolute Gasteiger partial charge is 0.463 e. The second-order valence-corrected chi connectivity index (χ2v) is 2.03. The lowest BCUT2D eigenvalue weighted by Gasteiger charge is -2.03. The van der Waals surface area contributed by atoms with Crippen molar-refractivity contribution in [1.82, 2.24) is 5.32 Å². The molecule has 0 aromatic carbocycles. The van der Waals surface area contributed by atoms with Gasteiger partial charge in [-0.15, -0.1) is 0 Å². The summed E-state index contributed by atoms with van der Waals surface area (Å²) in [6.45, 7) is 1.73. The zero-order chi connectivity index (χ0) is 9.14. The van der Waals surface area contributed by atoms with E-state index in [0.717, 1.165) is 0 Å². The first-order valence-electron chi connectivity index (χ1n) is 3.33. The van der Waals surface area contributed by atoms with E-state index >= 15 is 0 Å². The Labute approximate surface area is 67.8 Å². The Balaban J connectivity index is 2.58. The van der Waals surface area contributed by atoms with Gasteiger partial charge in [0.2, 0.25) is 0 Å². The first kappa shape index (κ1) is 8.51. The lowest BCUT2D eigenvalue weighted by atomic mass is 10.3. The van der Waals surface area contributed by atoms with Crippen molar-refractivity contribution in [2.45, 2.75) is 13.0 Å². The number of hydrogen-bond donors (Lipinski definition) is 1. The zero-order valence-corrected chi connectivity index (χ0v) is 6.33. The van der Waals surface area contributed by atoms with Gasteiger partial charge >= 0.3 is 12.1 Å². The van der Waals surface area contributed by atoms with Gasteiger partial charge in [0.1, 0.15) is 0 Å². The molecular weight excluding hydrogens is 166 g/mol. The van der Waals surface area contributed by atoms with Gasteiger partial charge in [-0.3, -0.25) is 10.1 Å². The minimum Gasteiger partial charge on any atom is -0.463 e. The van der Waals surface area contributed by atoms with Crippen molar-refractivity contribution >= 4 is 18.0 Å². The van der Waals surface area contributed by atoms with Gasteiger partial charge in [-0.05, 0) is 6.92 Å². The quantitative estimate of drug-likeness (QED) is 0.436. The predicted molar refractivity (Wildman–Crippen MR) is 35.0 cm³/mol. The first-order chi connectivity index (χ1) is 5.65. The molecule has 6 heteroatoms. The molecule has 0 aromatic heterocycles. The number of rotatable bonds is 2. The molecular formula is C6H7NO5. The average Bonchev–Trinajstić information content (AvgIpc) is 2.30. The SMILES string of the molecule is CCOC(=O)C1OC(=O)NC1=O. The van der Waals surface area contributed by atoms with Crippen LogP contribution in [0.3, 0.4) is 0 Å². The number of amides is 2. The van der Waals surface area contributed by atoms with E-state index in [-0.39, 0.29) is 6.61 Å². The maximum absolute atomic E-state index is 10.8. The fourth-order valence-electron chi connectivity index (χ4n) is 0.729. The molecule has 0 aromatic rings. The maximum atomic E-state index is 10.8. The van der Waals surface area contributed by atoms with Crippen LogP contribution in [0, 0.1) is 0 Å². The van der Waals surface area contributed by atoms with Crippen molar-refractivity contribution < 1.29 is 23.9 Å². The standard InChI is InChI=1S/C6H7NO5/c1-2-11-5(9)3-4(8)7-6(10)12-3/h3H,2H2,1H3,(H,7,8,10). The van der Waals surface area contributed by atoms with Gasteiger partial charge in [-0.2, -0.15) is 0 Å². The van der Waals surface area contributed by atoms with Crippen LogP contribution in [0.2, 0.25) is 0 Å². The molecule has 0 radical (unpaired) electrons. The number of nitrogens with one attached hydrogen (secondary N) is 1. The maximum Gasteiger partial charge on any atom is 0.415 e. The van der Waals surface area contributed by atoms with Crippen molar-refractivity contribution in [2.75, 3.05) is 6.61 Å². The van der Waals surface area contributed by atoms with Crippen LogP contribution in [-0.2, 0) is 19.1 Å². The number of esters is 1. The Hall–Kier alpha value is -1.59. The number of carbonyl (C=O) groups is 3. The highest BCUT2D eigenvalue weighted by Gasteiger charge is 2.39. The Morgan fingerprint density at radius 1 is 1.67 bits per heavy atom. The van der Waals surface area contributed by atoms with Gasteiger partial charge in [0.25, 0.3) is 12.0 Å². The molecule has 0 bridgehead atoms. The summed E-state index contributed by atoms with van der Waals surface area (Å²) in [6.07, 6.45) is -2.35. The minimum atomic E-state index is -1.43. The van der Waals surface area contributed by atoms with E-state index < -0.39 is 24.1 Å². The van der Waals surface area contributed by atoms with Crippen LogP contribution in [0.4, 0.5) is 4.79 Å². The molecule has 0 saturated carbocycles. The highest BCUT2D eigenvalue weighted by Crippen LogP contribution is 2.03. The Morgan fingerprint density at radius 2 is 2.33 bits per heavy atom. The highest BCUT2D eigenvalue weighted by molar-refractivity contribution is 6.11. The van der Waals surface area contributed by atoms with Crippen LogP contribution in [0.5, 0.6) is 0 Å². The lowest BCUT2D eigenvalue weighted by molar-refractivity contribution is -0.154. The molecule has 2 amide bonds. The van der Waals surface area contributed by atoms with Crippen molar-refractivity contribution in [1.29, 1.82) is 0 Å². The summed E-state index contributed by atoms with van der Waals surface area (Å²) in [7, 11) is 0. The number of cyclic esters (lactones) is 1. The van der Waals surface area contributed by atoms with E-state index in [1.807, 2.05) is 0 Å². The first-order valence-corrected chi connectivity index (χ1v) is 3.33. The molecule has 1 saturated heterocycles. The summed E-state index contributed by atoms with van der Waals surface area (Å²) in [5.74, 6) is -1.63. The van der Waals surface area contributed by atoms with Gasteiger partial charge in [0.05, 0.1) is 6.61 Å². The summed E-state index contributed by atoms with van der Waals surface area (Å²) in [6, 6.07) is 0. The third-order valence-corrected chi connectivity index (χ3v) is 1.19. The number of alkyl carbamates (subject to hydrolysis) is 1. The molecule has 6 nitrogen and oxygen atoms in total. The summed E-state index contributed by atoms with van der Waals surface area (Å²) in [5.41, 5.74) is 0. The summed E-state index contributed by atoms with van der Waals surface area (Å²) < 4.78 is 8.78. The van der Waals surface area contributed by atoms with Crippen LogP contribution in [0.1, 0.15) is 6.92 Å². The second-order valence-electron chi connectivity index (χ2n) is 2.03. The molecule has 1 atom stereocenters. The molecule has 1 N–H and O–H groups in total. The molecule has 66 valence electrons. The van der Waals surface area contributed by atoms with Gasteiger partial charge in [-0.1, -0.05) is 0 Å². The van der Waals surface area contributed by atoms with Gasteiger partial charge < -0.3 is 9.47 Å². The molecule has 1 aliphatic heterocycles. The van der Waals surface area contributed by atoms with Crippen LogP contribution >= 0.6 is 0 Å². The molecule has 1 rings (SSSR count). The third-order valence-electron chi connectivity index (χ3n) is 1.19. The topological polar surface area (TPSA) is 81.7 Å². The number of imide groups is 1. The number of ether oxygens (including phenoxy) is 2. The fourth-order valence-corrected chi connectivity index (χ4v) is 0.729. The average molecular weight is 173 g/mol. The Bertz CT molecular complexity index is 236. The Morgan fingerprint density at radius 3 is 2.75 bits per heavy atom. The summed E-state index contributed by atoms with van der Waals surface area (Å²) in [5, 5.41) is 1.81. The van der Waals surface area contributed by atoms with Crippen molar-refractivity contribution in [2.24, 2.45) is 0 Å². The highest BCUT2D eigenvalue weighted by atomic mass is 16.6. The van der Waals surface area contributed by atoms with Crippen molar-refractivity contribution in [3.63, 3.8) is 0 Å². The van der Waals surface area contributed by atoms with E-state index in [4.69, 9.17) is 0 Å². The van der Waals surface area contributed by atoms with Gasteiger partial charge in [0.15, 0.2) is 0 Å². The van der Waals surface area contributed by atoms with Gasteiger partial charge in [0, 0.05) is 0 Å². The minimum absolute atomic E-state index is 0.139. The van der Waals surface area contributed by atoms with Crippen LogP contribution in [-0.4, -0.2) is 30.7 Å². The molecule has 1 unspecified atom stereocenters. The van der Waals surface area contributed by atoms with Crippen molar-refractivity contribution in [3.05, 3.63) is 0 Å². The number of carbonyl (C=O) groups excluding carboxylic acids is 3. The van der Waals surface area contributed by atoms with Crippen LogP contribution in [0.15, 0.2) is 0 Å². The second kappa shape index (κ2) is 3.21. The zero-order valence-electron chi connectivity index (χ0n) is 6.33. The van der Waals surface area contributed by atoms with Crippen molar-refractivity contribution in [3.8, 4) is 0 Å². The molecule has 0 spiro atoms. The van der Waals surface area contributed by atoms with Crippen LogP contribution < -0.4 is 5.32 Å². The third kappa shape index (κ3) is 1.52. The summed E-state index contributed by atoms with van der Waals surface area (Å²) in [4.78, 5) is 32.0. The molecule has 0 aliphatic carbocycles. The van der Waals surface area contributed by atoms with E-state index in [9.17, 15) is 14.4 Å². The lowest BCUT2D eigenvalue weighted by Crippen LogP contribution is -2.32. The van der Waals surface area contributed by atoms with Gasteiger partial charge in [-0.25, -0.2) is 9.59 Å². The molecule has 12 heavy (non-hydrogen) atoms. The van der Waals surface area contributed by atoms with E-state index in [1.54, 1.807) is 12.2 Å². The van der Waals surface area contributed by atoms with Crippen LogP contribution in [0.25, 0.3) is 0 Å². The van der Waals surface area contributed by atoms with E-state index in [1.165, 1.54) is 0 Å². The predicted octanol–water partition coefficient (Wildman–Crippen LogP) is -0.816. The normalized spacial score (nSPS) is 21.6. The Kier molecular flexibility index (Phi) is 2.27. The molecule has 1 fully saturated rings. The molecule has 1 heterocycles. The number of hydrogen-bond acceptors (Lipinski definition) is 5. The smallest absolute Gasteiger partial charge is 0.415 e. The van der Waals surface area contributed by atoms with E-state index in [2.05, 4.69) is 9.47 Å². The van der Waals surface area contributed by atoms with E-state index in [0.29, 0.717) is 0 Å².